The first kappa shape index (κ1) is 18.1. The van der Waals surface area contributed by atoms with Crippen molar-refractivity contribution in [1.29, 1.82) is 0 Å². The highest BCUT2D eigenvalue weighted by Gasteiger charge is 2.20. The van der Waals surface area contributed by atoms with E-state index >= 15 is 0 Å². The highest BCUT2D eigenvalue weighted by atomic mass is 32.1. The monoisotopic (exact) mass is 351 g/mol. The minimum atomic E-state index is -1.01. The second-order valence-electron chi connectivity index (χ2n) is 5.93. The molecule has 0 saturated carbocycles. The van der Waals surface area contributed by atoms with Crippen LogP contribution in [0.3, 0.4) is 0 Å². The van der Waals surface area contributed by atoms with Gasteiger partial charge >= 0.3 is 5.97 Å². The molecule has 2 rings (SSSR count). The lowest BCUT2D eigenvalue weighted by atomic mass is 10.0. The molecule has 8 heteroatoms. The third kappa shape index (κ3) is 5.45. The Bertz CT molecular complexity index is 667. The lowest BCUT2D eigenvalue weighted by Crippen LogP contribution is -2.41. The maximum atomic E-state index is 11.9. The Kier molecular flexibility index (Phi) is 6.48. The number of carbonyl (C=O) groups excluding carboxylic acids is 1. The van der Waals surface area contributed by atoms with E-state index < -0.39 is 12.0 Å². The first-order valence-electron chi connectivity index (χ1n) is 7.84. The Labute approximate surface area is 144 Å². The van der Waals surface area contributed by atoms with Gasteiger partial charge in [-0.05, 0) is 30.2 Å². The molecular formula is C16H21N3O4S. The van der Waals surface area contributed by atoms with Crippen LogP contribution in [0.5, 0.6) is 0 Å². The molecule has 0 saturated heterocycles. The number of aryl methyl sites for hydroxylation is 1. The van der Waals surface area contributed by atoms with Crippen LogP contribution >= 0.6 is 11.3 Å². The molecule has 2 heterocycles. The fourth-order valence-electron chi connectivity index (χ4n) is 2.22. The number of nitrogens with zero attached hydrogens (tertiary/aromatic N) is 2. The summed E-state index contributed by atoms with van der Waals surface area (Å²) < 4.78 is 5.16. The van der Waals surface area contributed by atoms with Crippen molar-refractivity contribution in [3.05, 3.63) is 23.4 Å². The quantitative estimate of drug-likeness (QED) is 0.719. The molecule has 1 amide bonds. The molecule has 0 aliphatic heterocycles. The zero-order chi connectivity index (χ0) is 17.5. The number of amides is 1. The van der Waals surface area contributed by atoms with Crippen LogP contribution in [0.2, 0.25) is 0 Å². The van der Waals surface area contributed by atoms with Crippen molar-refractivity contribution in [2.24, 2.45) is 5.92 Å². The molecule has 0 fully saturated rings. The summed E-state index contributed by atoms with van der Waals surface area (Å²) in [6.45, 7) is 3.84. The summed E-state index contributed by atoms with van der Waals surface area (Å²) >= 11 is 1.53. The van der Waals surface area contributed by atoms with Crippen molar-refractivity contribution in [1.82, 2.24) is 15.5 Å². The van der Waals surface area contributed by atoms with Gasteiger partial charge in [-0.2, -0.15) is 4.98 Å². The van der Waals surface area contributed by atoms with Gasteiger partial charge in [0.2, 0.25) is 17.6 Å². The minimum Gasteiger partial charge on any atom is -0.480 e. The van der Waals surface area contributed by atoms with Gasteiger partial charge in [0.25, 0.3) is 0 Å². The summed E-state index contributed by atoms with van der Waals surface area (Å²) in [6.07, 6.45) is 1.63. The van der Waals surface area contributed by atoms with Gasteiger partial charge in [-0.15, -0.1) is 11.3 Å². The summed E-state index contributed by atoms with van der Waals surface area (Å²) in [4.78, 5) is 28.2. The van der Waals surface area contributed by atoms with Gasteiger partial charge in [0.1, 0.15) is 6.04 Å². The molecule has 2 aromatic heterocycles. The lowest BCUT2D eigenvalue weighted by molar-refractivity contribution is -0.142. The van der Waals surface area contributed by atoms with E-state index in [9.17, 15) is 9.59 Å². The van der Waals surface area contributed by atoms with E-state index in [1.807, 2.05) is 31.4 Å². The molecule has 7 nitrogen and oxygen atoms in total. The maximum absolute atomic E-state index is 11.9. The molecule has 24 heavy (non-hydrogen) atoms. The first-order valence-corrected chi connectivity index (χ1v) is 8.72. The Balaban J connectivity index is 1.77. The number of hydrogen-bond donors (Lipinski definition) is 2. The number of aromatic nitrogens is 2. The average Bonchev–Trinajstić information content (AvgIpc) is 3.16. The lowest BCUT2D eigenvalue weighted by Gasteiger charge is -2.16. The number of rotatable bonds is 9. The van der Waals surface area contributed by atoms with Crippen molar-refractivity contribution in [3.8, 4) is 10.7 Å². The van der Waals surface area contributed by atoms with E-state index in [0.29, 0.717) is 31.0 Å². The van der Waals surface area contributed by atoms with Gasteiger partial charge < -0.3 is 14.9 Å². The molecule has 0 unspecified atom stereocenters. The molecule has 0 spiro atoms. The molecule has 0 radical (unpaired) electrons. The van der Waals surface area contributed by atoms with E-state index in [0.717, 1.165) is 4.88 Å². The molecule has 2 aromatic rings. The number of carboxylic acids is 1. The molecule has 0 aliphatic rings. The van der Waals surface area contributed by atoms with Gasteiger partial charge in [-0.1, -0.05) is 25.1 Å². The van der Waals surface area contributed by atoms with Gasteiger partial charge in [0.05, 0.1) is 4.88 Å². The van der Waals surface area contributed by atoms with Crippen LogP contribution in [0.4, 0.5) is 0 Å². The molecule has 0 aromatic carbocycles. The number of nitrogens with one attached hydrogen (secondary N) is 1. The largest absolute Gasteiger partial charge is 0.480 e. The fraction of sp³-hybridized carbons (Fsp3) is 0.500. The molecule has 2 N–H and O–H groups in total. The van der Waals surface area contributed by atoms with Crippen LogP contribution in [0, 0.1) is 5.92 Å². The van der Waals surface area contributed by atoms with Crippen LogP contribution in [0.25, 0.3) is 10.7 Å². The number of hydrogen-bond acceptors (Lipinski definition) is 6. The molecule has 0 bridgehead atoms. The normalized spacial score (nSPS) is 12.3. The standard InChI is InChI=1S/C16H21N3O4S/c1-10(2)9-11(16(21)22)17-13(20)6-3-7-14-18-15(19-23-14)12-5-4-8-24-12/h4-5,8,10-11H,3,6-7,9H2,1-2H3,(H,17,20)(H,21,22)/t11-/m1/s1. The highest BCUT2D eigenvalue weighted by Crippen LogP contribution is 2.21. The molecule has 1 atom stereocenters. The zero-order valence-electron chi connectivity index (χ0n) is 13.7. The van der Waals surface area contributed by atoms with Crippen molar-refractivity contribution in [2.75, 3.05) is 0 Å². The Hall–Kier alpha value is -2.22. The summed E-state index contributed by atoms with van der Waals surface area (Å²) in [5.41, 5.74) is 0. The van der Waals surface area contributed by atoms with Gasteiger partial charge in [-0.25, -0.2) is 4.79 Å². The second kappa shape index (κ2) is 8.58. The second-order valence-corrected chi connectivity index (χ2v) is 6.88. The third-order valence-corrected chi connectivity index (χ3v) is 4.21. The van der Waals surface area contributed by atoms with Crippen LogP contribution in [-0.2, 0) is 16.0 Å². The van der Waals surface area contributed by atoms with Gasteiger partial charge in [0, 0.05) is 12.8 Å². The number of carbonyl (C=O) groups is 2. The van der Waals surface area contributed by atoms with E-state index in [4.69, 9.17) is 9.63 Å². The molecule has 130 valence electrons. The number of aliphatic carboxylic acids is 1. The van der Waals surface area contributed by atoms with Crippen LogP contribution in [0.1, 0.15) is 39.0 Å². The Morgan fingerprint density at radius 1 is 1.42 bits per heavy atom. The van der Waals surface area contributed by atoms with Crippen LogP contribution in [0.15, 0.2) is 22.0 Å². The zero-order valence-corrected chi connectivity index (χ0v) is 14.5. The summed E-state index contributed by atoms with van der Waals surface area (Å²) in [5, 5.41) is 17.5. The average molecular weight is 351 g/mol. The van der Waals surface area contributed by atoms with E-state index in [2.05, 4.69) is 15.5 Å². The fourth-order valence-corrected chi connectivity index (χ4v) is 2.87. The number of thiophene rings is 1. The predicted molar refractivity (Wildman–Crippen MR) is 89.6 cm³/mol. The van der Waals surface area contributed by atoms with Crippen molar-refractivity contribution in [2.45, 2.75) is 45.6 Å². The molecule has 0 aliphatic carbocycles. The number of carboxylic acid groups (broad SMARTS) is 1. The maximum Gasteiger partial charge on any atom is 0.326 e. The predicted octanol–water partition coefficient (Wildman–Crippen LogP) is 2.74. The van der Waals surface area contributed by atoms with Gasteiger partial charge in [-0.3, -0.25) is 4.79 Å². The Morgan fingerprint density at radius 2 is 2.21 bits per heavy atom. The van der Waals surface area contributed by atoms with Crippen molar-refractivity contribution < 1.29 is 19.2 Å². The van der Waals surface area contributed by atoms with Gasteiger partial charge in [0.15, 0.2) is 0 Å². The van der Waals surface area contributed by atoms with Crippen LogP contribution < -0.4 is 5.32 Å². The Morgan fingerprint density at radius 3 is 2.83 bits per heavy atom. The van der Waals surface area contributed by atoms with Crippen molar-refractivity contribution in [3.63, 3.8) is 0 Å². The van der Waals surface area contributed by atoms with Crippen LogP contribution in [-0.4, -0.2) is 33.2 Å². The highest BCUT2D eigenvalue weighted by molar-refractivity contribution is 7.13. The summed E-state index contributed by atoms with van der Waals surface area (Å²) in [7, 11) is 0. The van der Waals surface area contributed by atoms with E-state index in [1.54, 1.807) is 0 Å². The summed E-state index contributed by atoms with van der Waals surface area (Å²) in [5.74, 6) is -0.0634. The SMILES string of the molecule is CC(C)C[C@@H](NC(=O)CCCc1nc(-c2cccs2)no1)C(=O)O. The smallest absolute Gasteiger partial charge is 0.326 e. The topological polar surface area (TPSA) is 105 Å². The van der Waals surface area contributed by atoms with E-state index in [1.165, 1.54) is 11.3 Å². The summed E-state index contributed by atoms with van der Waals surface area (Å²) in [6, 6.07) is 2.98. The first-order chi connectivity index (χ1) is 11.5. The third-order valence-electron chi connectivity index (χ3n) is 3.34. The minimum absolute atomic E-state index is 0.195. The van der Waals surface area contributed by atoms with Crippen molar-refractivity contribution >= 4 is 23.2 Å². The molecular weight excluding hydrogens is 330 g/mol. The van der Waals surface area contributed by atoms with E-state index in [-0.39, 0.29) is 18.2 Å².